The van der Waals surface area contributed by atoms with Gasteiger partial charge in [-0.05, 0) is 45.0 Å². The Kier molecular flexibility index (Phi) is 4.79. The predicted octanol–water partition coefficient (Wildman–Crippen LogP) is 4.44. The summed E-state index contributed by atoms with van der Waals surface area (Å²) in [7, 11) is 0. The fraction of sp³-hybridized carbons (Fsp3) is 0.263. The number of nitrogens with zero attached hydrogens (tertiary/aromatic N) is 2. The number of benzene rings is 2. The van der Waals surface area contributed by atoms with Crippen molar-refractivity contribution in [2.24, 2.45) is 0 Å². The number of ether oxygens (including phenoxy) is 1. The lowest BCUT2D eigenvalue weighted by atomic mass is 10.1. The fourth-order valence-corrected chi connectivity index (χ4v) is 2.28. The number of para-hydroxylation sites is 2. The van der Waals surface area contributed by atoms with E-state index >= 15 is 0 Å². The van der Waals surface area contributed by atoms with Crippen molar-refractivity contribution in [1.82, 2.24) is 10.2 Å². The lowest BCUT2D eigenvalue weighted by molar-refractivity contribution is 0.243. The zero-order valence-electron chi connectivity index (χ0n) is 14.1. The lowest BCUT2D eigenvalue weighted by Gasteiger charge is -2.14. The molecule has 0 amide bonds. The van der Waals surface area contributed by atoms with Gasteiger partial charge in [0.25, 0.3) is 0 Å². The van der Waals surface area contributed by atoms with E-state index in [-0.39, 0.29) is 6.10 Å². The highest BCUT2D eigenvalue weighted by atomic mass is 16.5. The van der Waals surface area contributed by atoms with Crippen molar-refractivity contribution in [3.05, 3.63) is 60.0 Å². The van der Waals surface area contributed by atoms with Crippen LogP contribution in [0, 0.1) is 6.92 Å². The zero-order chi connectivity index (χ0) is 16.9. The molecule has 0 aliphatic heterocycles. The second-order valence-corrected chi connectivity index (χ2v) is 5.88. The summed E-state index contributed by atoms with van der Waals surface area (Å²) < 4.78 is 11.5. The Balaban J connectivity index is 1.69. The number of aryl methyl sites for hydroxylation is 1. The van der Waals surface area contributed by atoms with E-state index in [9.17, 15) is 0 Å². The molecular formula is C19H21N3O2. The quantitative estimate of drug-likeness (QED) is 0.726. The minimum absolute atomic E-state index is 0.115. The summed E-state index contributed by atoms with van der Waals surface area (Å²) >= 11 is 0. The summed E-state index contributed by atoms with van der Waals surface area (Å²) in [4.78, 5) is 0. The number of nitrogens with one attached hydrogen (secondary N) is 1. The van der Waals surface area contributed by atoms with E-state index in [1.807, 2.05) is 69.3 Å². The van der Waals surface area contributed by atoms with Crippen molar-refractivity contribution < 1.29 is 9.15 Å². The maximum absolute atomic E-state index is 5.79. The molecule has 3 rings (SSSR count). The molecule has 0 saturated heterocycles. The van der Waals surface area contributed by atoms with Crippen LogP contribution in [0.15, 0.2) is 52.9 Å². The van der Waals surface area contributed by atoms with Crippen molar-refractivity contribution in [1.29, 1.82) is 0 Å². The van der Waals surface area contributed by atoms with Gasteiger partial charge >= 0.3 is 0 Å². The first-order valence-corrected chi connectivity index (χ1v) is 8.01. The Labute approximate surface area is 141 Å². The number of hydrogen-bond donors (Lipinski definition) is 1. The Hall–Kier alpha value is -2.82. The largest absolute Gasteiger partial charge is 0.489 e. The topological polar surface area (TPSA) is 60.2 Å². The van der Waals surface area contributed by atoms with E-state index in [1.165, 1.54) is 5.56 Å². The number of aromatic nitrogens is 2. The average molecular weight is 323 g/mol. The zero-order valence-corrected chi connectivity index (χ0v) is 14.1. The molecule has 0 unspecified atom stereocenters. The number of hydrogen-bond acceptors (Lipinski definition) is 5. The van der Waals surface area contributed by atoms with Crippen LogP contribution < -0.4 is 10.1 Å². The molecule has 0 aliphatic rings. The Morgan fingerprint density at radius 1 is 1.04 bits per heavy atom. The van der Waals surface area contributed by atoms with E-state index in [0.717, 1.165) is 17.0 Å². The molecule has 2 aromatic carbocycles. The van der Waals surface area contributed by atoms with Crippen LogP contribution in [0.25, 0.3) is 11.5 Å². The van der Waals surface area contributed by atoms with Gasteiger partial charge in [0.05, 0.1) is 18.3 Å². The van der Waals surface area contributed by atoms with Gasteiger partial charge in [0.15, 0.2) is 0 Å². The summed E-state index contributed by atoms with van der Waals surface area (Å²) in [6.07, 6.45) is 0.115. The Morgan fingerprint density at radius 3 is 2.54 bits per heavy atom. The van der Waals surface area contributed by atoms with E-state index < -0.39 is 0 Å². The van der Waals surface area contributed by atoms with Crippen molar-refractivity contribution in [3.8, 4) is 17.2 Å². The normalized spacial score (nSPS) is 10.8. The summed E-state index contributed by atoms with van der Waals surface area (Å²) in [5.41, 5.74) is 3.02. The number of anilines is 1. The van der Waals surface area contributed by atoms with Gasteiger partial charge in [-0.25, -0.2) is 0 Å². The molecule has 0 bridgehead atoms. The standard InChI is InChI=1S/C19H21N3O2/c1-13(2)23-17-7-5-4-6-16(17)20-12-18-21-22-19(24-18)15-10-8-14(3)9-11-15/h4-11,13,20H,12H2,1-3H3. The predicted molar refractivity (Wildman–Crippen MR) is 94.0 cm³/mol. The van der Waals surface area contributed by atoms with Crippen molar-refractivity contribution in [2.45, 2.75) is 33.4 Å². The summed E-state index contributed by atoms with van der Waals surface area (Å²) in [6, 6.07) is 15.8. The molecule has 0 saturated carbocycles. The highest BCUT2D eigenvalue weighted by Crippen LogP contribution is 2.25. The van der Waals surface area contributed by atoms with Crippen LogP contribution >= 0.6 is 0 Å². The maximum atomic E-state index is 5.79. The third-order valence-electron chi connectivity index (χ3n) is 3.45. The van der Waals surface area contributed by atoms with E-state index in [1.54, 1.807) is 0 Å². The molecule has 1 heterocycles. The highest BCUT2D eigenvalue weighted by Gasteiger charge is 2.10. The molecule has 1 N–H and O–H groups in total. The Morgan fingerprint density at radius 2 is 1.79 bits per heavy atom. The van der Waals surface area contributed by atoms with Gasteiger partial charge in [-0.1, -0.05) is 29.8 Å². The molecule has 124 valence electrons. The van der Waals surface area contributed by atoms with Gasteiger partial charge in [-0.3, -0.25) is 0 Å². The van der Waals surface area contributed by atoms with Gasteiger partial charge in [0.2, 0.25) is 11.8 Å². The fourth-order valence-electron chi connectivity index (χ4n) is 2.28. The monoisotopic (exact) mass is 323 g/mol. The molecule has 5 heteroatoms. The highest BCUT2D eigenvalue weighted by molar-refractivity contribution is 5.56. The summed E-state index contributed by atoms with van der Waals surface area (Å²) in [6.45, 7) is 6.49. The minimum atomic E-state index is 0.115. The first kappa shape index (κ1) is 16.1. The van der Waals surface area contributed by atoms with Gasteiger partial charge < -0.3 is 14.5 Å². The third kappa shape index (κ3) is 3.93. The van der Waals surface area contributed by atoms with Crippen LogP contribution in [0.2, 0.25) is 0 Å². The molecule has 24 heavy (non-hydrogen) atoms. The SMILES string of the molecule is Cc1ccc(-c2nnc(CNc3ccccc3OC(C)C)o2)cc1. The van der Waals surface area contributed by atoms with Crippen molar-refractivity contribution in [2.75, 3.05) is 5.32 Å². The molecule has 5 nitrogen and oxygen atoms in total. The molecule has 0 radical (unpaired) electrons. The van der Waals surface area contributed by atoms with Crippen LogP contribution in [0.1, 0.15) is 25.3 Å². The molecule has 3 aromatic rings. The van der Waals surface area contributed by atoms with E-state index in [0.29, 0.717) is 18.3 Å². The van der Waals surface area contributed by atoms with Crippen LogP contribution in [-0.4, -0.2) is 16.3 Å². The summed E-state index contributed by atoms with van der Waals surface area (Å²) in [5, 5.41) is 11.5. The Bertz CT molecular complexity index is 794. The molecular weight excluding hydrogens is 302 g/mol. The average Bonchev–Trinajstić information content (AvgIpc) is 3.03. The van der Waals surface area contributed by atoms with Crippen LogP contribution in [0.5, 0.6) is 5.75 Å². The molecule has 0 atom stereocenters. The maximum Gasteiger partial charge on any atom is 0.247 e. The summed E-state index contributed by atoms with van der Waals surface area (Å²) in [5.74, 6) is 1.87. The molecule has 0 spiro atoms. The van der Waals surface area contributed by atoms with E-state index in [4.69, 9.17) is 9.15 Å². The van der Waals surface area contributed by atoms with Gasteiger partial charge in [0.1, 0.15) is 5.75 Å². The molecule has 0 fully saturated rings. The van der Waals surface area contributed by atoms with Crippen molar-refractivity contribution >= 4 is 5.69 Å². The molecule has 0 aliphatic carbocycles. The minimum Gasteiger partial charge on any atom is -0.489 e. The van der Waals surface area contributed by atoms with Gasteiger partial charge in [-0.2, -0.15) is 0 Å². The second kappa shape index (κ2) is 7.17. The van der Waals surface area contributed by atoms with Crippen LogP contribution in [0.3, 0.4) is 0 Å². The van der Waals surface area contributed by atoms with Crippen LogP contribution in [-0.2, 0) is 6.54 Å². The first-order valence-electron chi connectivity index (χ1n) is 8.01. The first-order chi connectivity index (χ1) is 11.6. The second-order valence-electron chi connectivity index (χ2n) is 5.88. The lowest BCUT2D eigenvalue weighted by Crippen LogP contribution is -2.08. The smallest absolute Gasteiger partial charge is 0.247 e. The van der Waals surface area contributed by atoms with Gasteiger partial charge in [-0.15, -0.1) is 10.2 Å². The van der Waals surface area contributed by atoms with E-state index in [2.05, 4.69) is 15.5 Å². The molecule has 1 aromatic heterocycles. The van der Waals surface area contributed by atoms with Gasteiger partial charge in [0, 0.05) is 5.56 Å². The number of rotatable bonds is 6. The van der Waals surface area contributed by atoms with Crippen molar-refractivity contribution in [3.63, 3.8) is 0 Å². The third-order valence-corrected chi connectivity index (χ3v) is 3.45. The van der Waals surface area contributed by atoms with Crippen LogP contribution in [0.4, 0.5) is 5.69 Å².